The first kappa shape index (κ1) is 21.3. The minimum Gasteiger partial charge on any atom is -0.465 e. The molecule has 0 radical (unpaired) electrons. The molecular formula is C20H24N2O6S. The third-order valence-corrected chi connectivity index (χ3v) is 5.39. The second-order valence-electron chi connectivity index (χ2n) is 7.00. The Labute approximate surface area is 172 Å². The SMILES string of the molecule is COC(=O)c1ccc2c(=O)n(C[C@H]3CCCO3)c(SCC(=O)OC(C)C)nc2c1. The van der Waals surface area contributed by atoms with Gasteiger partial charge in [-0.05, 0) is 44.9 Å². The number of esters is 2. The maximum Gasteiger partial charge on any atom is 0.337 e. The summed E-state index contributed by atoms with van der Waals surface area (Å²) in [4.78, 5) is 41.5. The molecule has 156 valence electrons. The van der Waals surface area contributed by atoms with Crippen molar-refractivity contribution in [3.8, 4) is 0 Å². The van der Waals surface area contributed by atoms with Gasteiger partial charge in [0.05, 0.1) is 48.1 Å². The molecule has 3 rings (SSSR count). The summed E-state index contributed by atoms with van der Waals surface area (Å²) < 4.78 is 17.1. The van der Waals surface area contributed by atoms with E-state index in [4.69, 9.17) is 14.2 Å². The van der Waals surface area contributed by atoms with Gasteiger partial charge in [0.25, 0.3) is 5.56 Å². The zero-order chi connectivity index (χ0) is 21.0. The number of hydrogen-bond acceptors (Lipinski definition) is 8. The van der Waals surface area contributed by atoms with E-state index in [-0.39, 0.29) is 29.5 Å². The molecular weight excluding hydrogens is 396 g/mol. The van der Waals surface area contributed by atoms with Crippen LogP contribution in [0.1, 0.15) is 37.0 Å². The van der Waals surface area contributed by atoms with Crippen molar-refractivity contribution in [2.75, 3.05) is 19.5 Å². The van der Waals surface area contributed by atoms with Crippen molar-refractivity contribution in [2.24, 2.45) is 0 Å². The van der Waals surface area contributed by atoms with Crippen LogP contribution in [0.5, 0.6) is 0 Å². The van der Waals surface area contributed by atoms with Crippen LogP contribution in [0.3, 0.4) is 0 Å². The Kier molecular flexibility index (Phi) is 6.92. The fourth-order valence-corrected chi connectivity index (χ4v) is 3.92. The van der Waals surface area contributed by atoms with Crippen molar-refractivity contribution in [1.29, 1.82) is 0 Å². The molecule has 8 nitrogen and oxygen atoms in total. The van der Waals surface area contributed by atoms with Crippen molar-refractivity contribution in [3.63, 3.8) is 0 Å². The Morgan fingerprint density at radius 2 is 2.17 bits per heavy atom. The number of carbonyl (C=O) groups is 2. The summed E-state index contributed by atoms with van der Waals surface area (Å²) in [6.45, 7) is 4.59. The maximum absolute atomic E-state index is 13.1. The largest absolute Gasteiger partial charge is 0.465 e. The molecule has 1 aromatic heterocycles. The van der Waals surface area contributed by atoms with Gasteiger partial charge in [-0.15, -0.1) is 0 Å². The van der Waals surface area contributed by atoms with Crippen LogP contribution in [0.25, 0.3) is 10.9 Å². The fourth-order valence-electron chi connectivity index (χ4n) is 3.13. The highest BCUT2D eigenvalue weighted by molar-refractivity contribution is 7.99. The second kappa shape index (κ2) is 9.41. The fraction of sp³-hybridized carbons (Fsp3) is 0.500. The van der Waals surface area contributed by atoms with E-state index in [0.29, 0.717) is 34.8 Å². The molecule has 9 heteroatoms. The molecule has 29 heavy (non-hydrogen) atoms. The number of hydrogen-bond donors (Lipinski definition) is 0. The third-order valence-electron chi connectivity index (χ3n) is 4.44. The van der Waals surface area contributed by atoms with Gasteiger partial charge in [-0.25, -0.2) is 9.78 Å². The number of methoxy groups -OCH3 is 1. The number of nitrogens with zero attached hydrogens (tertiary/aromatic N) is 2. The number of benzene rings is 1. The van der Waals surface area contributed by atoms with Gasteiger partial charge in [0.1, 0.15) is 0 Å². The Bertz CT molecular complexity index is 965. The van der Waals surface area contributed by atoms with Gasteiger partial charge in [-0.1, -0.05) is 11.8 Å². The van der Waals surface area contributed by atoms with E-state index in [9.17, 15) is 14.4 Å². The summed E-state index contributed by atoms with van der Waals surface area (Å²) in [6, 6.07) is 4.64. The predicted molar refractivity (Wildman–Crippen MR) is 108 cm³/mol. The molecule has 1 aromatic carbocycles. The number of carbonyl (C=O) groups excluding carboxylic acids is 2. The summed E-state index contributed by atoms with van der Waals surface area (Å²) in [5.41, 5.74) is 0.446. The molecule has 0 bridgehead atoms. The molecule has 0 aliphatic carbocycles. The van der Waals surface area contributed by atoms with Crippen LogP contribution in [0.2, 0.25) is 0 Å². The normalized spacial score (nSPS) is 16.3. The highest BCUT2D eigenvalue weighted by atomic mass is 32.2. The van der Waals surface area contributed by atoms with Gasteiger partial charge in [0.15, 0.2) is 5.16 Å². The predicted octanol–water partition coefficient (Wildman–Crippen LogP) is 2.41. The summed E-state index contributed by atoms with van der Waals surface area (Å²) in [5, 5.41) is 0.783. The first-order valence-electron chi connectivity index (χ1n) is 9.46. The molecule has 1 saturated heterocycles. The average molecular weight is 420 g/mol. The van der Waals surface area contributed by atoms with E-state index in [1.165, 1.54) is 13.2 Å². The van der Waals surface area contributed by atoms with Crippen LogP contribution in [0.15, 0.2) is 28.2 Å². The van der Waals surface area contributed by atoms with Gasteiger partial charge in [-0.3, -0.25) is 14.2 Å². The summed E-state index contributed by atoms with van der Waals surface area (Å²) in [5.74, 6) is -0.864. The van der Waals surface area contributed by atoms with Gasteiger partial charge in [-0.2, -0.15) is 0 Å². The first-order valence-corrected chi connectivity index (χ1v) is 10.4. The van der Waals surface area contributed by atoms with Crippen molar-refractivity contribution in [3.05, 3.63) is 34.1 Å². The molecule has 2 heterocycles. The topological polar surface area (TPSA) is 96.7 Å². The number of rotatable bonds is 7. The van der Waals surface area contributed by atoms with Crippen LogP contribution in [0, 0.1) is 0 Å². The first-order chi connectivity index (χ1) is 13.9. The van der Waals surface area contributed by atoms with Crippen LogP contribution < -0.4 is 5.56 Å². The van der Waals surface area contributed by atoms with E-state index < -0.39 is 5.97 Å². The average Bonchev–Trinajstić information content (AvgIpc) is 3.20. The van der Waals surface area contributed by atoms with E-state index in [0.717, 1.165) is 24.6 Å². The van der Waals surface area contributed by atoms with Crippen molar-refractivity contribution >= 4 is 34.6 Å². The van der Waals surface area contributed by atoms with E-state index in [1.807, 2.05) is 0 Å². The van der Waals surface area contributed by atoms with Gasteiger partial charge in [0.2, 0.25) is 0 Å². The Hall–Kier alpha value is -2.39. The third kappa shape index (κ3) is 5.16. The van der Waals surface area contributed by atoms with Crippen LogP contribution >= 0.6 is 11.8 Å². The number of aromatic nitrogens is 2. The minimum absolute atomic E-state index is 0.0261. The van der Waals surface area contributed by atoms with Gasteiger partial charge < -0.3 is 14.2 Å². The Morgan fingerprint density at radius 3 is 2.83 bits per heavy atom. The van der Waals surface area contributed by atoms with E-state index >= 15 is 0 Å². The quantitative estimate of drug-likeness (QED) is 0.383. The summed E-state index contributed by atoms with van der Waals surface area (Å²) in [7, 11) is 1.29. The lowest BCUT2D eigenvalue weighted by atomic mass is 10.1. The molecule has 0 N–H and O–H groups in total. The molecule has 0 saturated carbocycles. The lowest BCUT2D eigenvalue weighted by Gasteiger charge is -2.16. The number of ether oxygens (including phenoxy) is 3. The molecule has 0 amide bonds. The molecule has 0 spiro atoms. The summed E-state index contributed by atoms with van der Waals surface area (Å²) >= 11 is 1.14. The zero-order valence-corrected chi connectivity index (χ0v) is 17.5. The lowest BCUT2D eigenvalue weighted by molar-refractivity contribution is -0.144. The smallest absolute Gasteiger partial charge is 0.337 e. The highest BCUT2D eigenvalue weighted by Gasteiger charge is 2.21. The molecule has 1 aliphatic rings. The Morgan fingerprint density at radius 1 is 1.38 bits per heavy atom. The lowest BCUT2D eigenvalue weighted by Crippen LogP contribution is -2.29. The second-order valence-corrected chi connectivity index (χ2v) is 7.94. The minimum atomic E-state index is -0.507. The van der Waals surface area contributed by atoms with Gasteiger partial charge >= 0.3 is 11.9 Å². The molecule has 1 aliphatic heterocycles. The number of fused-ring (bicyclic) bond motifs is 1. The Balaban J connectivity index is 1.99. The molecule has 1 fully saturated rings. The van der Waals surface area contributed by atoms with Crippen LogP contribution in [0.4, 0.5) is 0 Å². The van der Waals surface area contributed by atoms with Crippen LogP contribution in [-0.4, -0.2) is 53.2 Å². The monoisotopic (exact) mass is 420 g/mol. The highest BCUT2D eigenvalue weighted by Crippen LogP contribution is 2.22. The standard InChI is InChI=1S/C20H24N2O6S/c1-12(2)28-17(23)11-29-20-21-16-9-13(19(25)26-3)6-7-15(16)18(24)22(20)10-14-5-4-8-27-14/h6-7,9,12,14H,4-5,8,10-11H2,1-3H3/t14-/m1/s1. The van der Waals surface area contributed by atoms with E-state index in [2.05, 4.69) is 4.98 Å². The molecule has 1 atom stereocenters. The van der Waals surface area contributed by atoms with Crippen LogP contribution in [-0.2, 0) is 25.5 Å². The summed E-state index contributed by atoms with van der Waals surface area (Å²) in [6.07, 6.45) is 1.53. The molecule has 2 aromatic rings. The van der Waals surface area contributed by atoms with Crippen molar-refractivity contribution < 1.29 is 23.8 Å². The van der Waals surface area contributed by atoms with Crippen molar-refractivity contribution in [2.45, 2.75) is 50.6 Å². The zero-order valence-electron chi connectivity index (χ0n) is 16.7. The van der Waals surface area contributed by atoms with Crippen molar-refractivity contribution in [1.82, 2.24) is 9.55 Å². The molecule has 0 unspecified atom stereocenters. The van der Waals surface area contributed by atoms with E-state index in [1.54, 1.807) is 30.5 Å². The van der Waals surface area contributed by atoms with Gasteiger partial charge in [0, 0.05) is 6.61 Å². The number of thioether (sulfide) groups is 1. The maximum atomic E-state index is 13.1.